The standard InChI is InChI=1S/C11H9F2N3O/c1-17-11-7(4-6(12)5-8(11)13)9-2-3-10(14)16-15-9/h2-5H,1H3,(H2,14,16). The van der Waals surface area contributed by atoms with Gasteiger partial charge in [-0.05, 0) is 18.2 Å². The number of ether oxygens (including phenoxy) is 1. The lowest BCUT2D eigenvalue weighted by molar-refractivity contribution is 0.385. The van der Waals surface area contributed by atoms with Crippen LogP contribution >= 0.6 is 0 Å². The average Bonchev–Trinajstić information content (AvgIpc) is 2.29. The highest BCUT2D eigenvalue weighted by molar-refractivity contribution is 5.67. The Bertz CT molecular complexity index is 543. The second-order valence-electron chi connectivity index (χ2n) is 3.31. The van der Waals surface area contributed by atoms with E-state index in [9.17, 15) is 8.78 Å². The number of anilines is 1. The van der Waals surface area contributed by atoms with E-state index < -0.39 is 11.6 Å². The van der Waals surface area contributed by atoms with Crippen LogP contribution in [0.3, 0.4) is 0 Å². The molecule has 2 aromatic rings. The number of halogens is 2. The molecule has 1 heterocycles. The Labute approximate surface area is 96.0 Å². The number of methoxy groups -OCH3 is 1. The zero-order valence-corrected chi connectivity index (χ0v) is 8.95. The molecule has 0 amide bonds. The lowest BCUT2D eigenvalue weighted by atomic mass is 10.1. The number of hydrogen-bond donors (Lipinski definition) is 1. The van der Waals surface area contributed by atoms with E-state index >= 15 is 0 Å². The van der Waals surface area contributed by atoms with E-state index in [1.165, 1.54) is 19.2 Å². The van der Waals surface area contributed by atoms with Crippen molar-refractivity contribution in [1.29, 1.82) is 0 Å². The summed E-state index contributed by atoms with van der Waals surface area (Å²) in [5.74, 6) is -1.35. The molecule has 1 aromatic carbocycles. The zero-order chi connectivity index (χ0) is 12.4. The Kier molecular flexibility index (Phi) is 2.86. The lowest BCUT2D eigenvalue weighted by Gasteiger charge is -2.08. The van der Waals surface area contributed by atoms with E-state index in [2.05, 4.69) is 10.2 Å². The maximum atomic E-state index is 13.4. The van der Waals surface area contributed by atoms with E-state index in [4.69, 9.17) is 10.5 Å². The Morgan fingerprint density at radius 3 is 2.53 bits per heavy atom. The fourth-order valence-electron chi connectivity index (χ4n) is 1.44. The molecule has 0 aliphatic heterocycles. The van der Waals surface area contributed by atoms with Crippen LogP contribution in [0.2, 0.25) is 0 Å². The van der Waals surface area contributed by atoms with E-state index in [0.29, 0.717) is 0 Å². The van der Waals surface area contributed by atoms with Crippen LogP contribution in [0.5, 0.6) is 5.75 Å². The Morgan fingerprint density at radius 2 is 1.94 bits per heavy atom. The quantitative estimate of drug-likeness (QED) is 0.867. The number of aromatic nitrogens is 2. The summed E-state index contributed by atoms with van der Waals surface area (Å²) in [4.78, 5) is 0. The Balaban J connectivity index is 2.61. The van der Waals surface area contributed by atoms with Crippen LogP contribution in [-0.4, -0.2) is 17.3 Å². The largest absolute Gasteiger partial charge is 0.493 e. The van der Waals surface area contributed by atoms with E-state index in [1.54, 1.807) is 0 Å². The molecule has 0 unspecified atom stereocenters. The molecule has 0 fully saturated rings. The van der Waals surface area contributed by atoms with Crippen LogP contribution in [0, 0.1) is 11.6 Å². The van der Waals surface area contributed by atoms with Crippen molar-refractivity contribution < 1.29 is 13.5 Å². The summed E-state index contributed by atoms with van der Waals surface area (Å²) in [5, 5.41) is 7.37. The van der Waals surface area contributed by atoms with Crippen molar-refractivity contribution in [3.8, 4) is 17.0 Å². The lowest BCUT2D eigenvalue weighted by Crippen LogP contribution is -1.98. The summed E-state index contributed by atoms with van der Waals surface area (Å²) in [6, 6.07) is 4.87. The van der Waals surface area contributed by atoms with Crippen LogP contribution in [0.15, 0.2) is 24.3 Å². The number of nitrogens with zero attached hydrogens (tertiary/aromatic N) is 2. The van der Waals surface area contributed by atoms with Gasteiger partial charge in [0, 0.05) is 6.07 Å². The second-order valence-corrected chi connectivity index (χ2v) is 3.31. The molecule has 6 heteroatoms. The van der Waals surface area contributed by atoms with Crippen LogP contribution in [-0.2, 0) is 0 Å². The first-order valence-corrected chi connectivity index (χ1v) is 4.74. The molecule has 0 aliphatic carbocycles. The van der Waals surface area contributed by atoms with Crippen LogP contribution < -0.4 is 10.5 Å². The first kappa shape index (κ1) is 11.3. The minimum atomic E-state index is -0.791. The summed E-state index contributed by atoms with van der Waals surface area (Å²) in [7, 11) is 1.30. The van der Waals surface area contributed by atoms with Gasteiger partial charge in [0.15, 0.2) is 11.6 Å². The zero-order valence-electron chi connectivity index (χ0n) is 8.95. The van der Waals surface area contributed by atoms with Gasteiger partial charge in [-0.15, -0.1) is 10.2 Å². The number of nitrogen functional groups attached to an aromatic ring is 1. The highest BCUT2D eigenvalue weighted by Gasteiger charge is 2.14. The molecule has 0 aliphatic rings. The predicted octanol–water partition coefficient (Wildman–Crippen LogP) is 2.01. The fraction of sp³-hybridized carbons (Fsp3) is 0.0909. The third-order valence-corrected chi connectivity index (χ3v) is 2.17. The summed E-state index contributed by atoms with van der Waals surface area (Å²) < 4.78 is 31.5. The molecule has 0 atom stereocenters. The molecular weight excluding hydrogens is 228 g/mol. The normalized spacial score (nSPS) is 10.3. The average molecular weight is 237 g/mol. The summed E-state index contributed by atoms with van der Waals surface area (Å²) in [5.41, 5.74) is 5.86. The monoisotopic (exact) mass is 237 g/mol. The molecule has 0 bridgehead atoms. The van der Waals surface area contributed by atoms with E-state index in [0.717, 1.165) is 12.1 Å². The molecule has 0 radical (unpaired) electrons. The van der Waals surface area contributed by atoms with Gasteiger partial charge in [-0.3, -0.25) is 0 Å². The van der Waals surface area contributed by atoms with Gasteiger partial charge < -0.3 is 10.5 Å². The Morgan fingerprint density at radius 1 is 1.18 bits per heavy atom. The van der Waals surface area contributed by atoms with Crippen molar-refractivity contribution in [3.63, 3.8) is 0 Å². The Hall–Kier alpha value is -2.24. The van der Waals surface area contributed by atoms with Crippen molar-refractivity contribution in [3.05, 3.63) is 35.9 Å². The SMILES string of the molecule is COc1c(F)cc(F)cc1-c1ccc(N)nn1. The molecule has 0 spiro atoms. The van der Waals surface area contributed by atoms with Gasteiger partial charge in [0.25, 0.3) is 0 Å². The van der Waals surface area contributed by atoms with Gasteiger partial charge in [0.05, 0.1) is 18.4 Å². The van der Waals surface area contributed by atoms with Gasteiger partial charge in [-0.2, -0.15) is 0 Å². The summed E-state index contributed by atoms with van der Waals surface area (Å²) in [6.07, 6.45) is 0. The van der Waals surface area contributed by atoms with E-state index in [-0.39, 0.29) is 22.8 Å². The molecule has 4 nitrogen and oxygen atoms in total. The summed E-state index contributed by atoms with van der Waals surface area (Å²) in [6.45, 7) is 0. The molecule has 0 saturated carbocycles. The third kappa shape index (κ3) is 2.15. The molecule has 0 saturated heterocycles. The van der Waals surface area contributed by atoms with E-state index in [1.807, 2.05) is 0 Å². The number of rotatable bonds is 2. The third-order valence-electron chi connectivity index (χ3n) is 2.17. The molecule has 1 aromatic heterocycles. The number of hydrogen-bond acceptors (Lipinski definition) is 4. The maximum Gasteiger partial charge on any atom is 0.168 e. The minimum Gasteiger partial charge on any atom is -0.493 e. The van der Waals surface area contributed by atoms with Crippen molar-refractivity contribution >= 4 is 5.82 Å². The van der Waals surface area contributed by atoms with Gasteiger partial charge in [0.1, 0.15) is 11.6 Å². The highest BCUT2D eigenvalue weighted by atomic mass is 19.1. The first-order chi connectivity index (χ1) is 8.11. The van der Waals surface area contributed by atoms with Crippen LogP contribution in [0.1, 0.15) is 0 Å². The molecule has 17 heavy (non-hydrogen) atoms. The molecule has 2 rings (SSSR count). The van der Waals surface area contributed by atoms with Gasteiger partial charge in [-0.25, -0.2) is 8.78 Å². The second kappa shape index (κ2) is 4.32. The van der Waals surface area contributed by atoms with Crippen molar-refractivity contribution in [2.75, 3.05) is 12.8 Å². The van der Waals surface area contributed by atoms with Crippen molar-refractivity contribution in [2.24, 2.45) is 0 Å². The first-order valence-electron chi connectivity index (χ1n) is 4.74. The van der Waals surface area contributed by atoms with Crippen LogP contribution in [0.25, 0.3) is 11.3 Å². The molecule has 88 valence electrons. The number of nitrogens with two attached hydrogens (primary N) is 1. The van der Waals surface area contributed by atoms with Gasteiger partial charge in [-0.1, -0.05) is 0 Å². The highest BCUT2D eigenvalue weighted by Crippen LogP contribution is 2.31. The summed E-state index contributed by atoms with van der Waals surface area (Å²) >= 11 is 0. The number of benzene rings is 1. The van der Waals surface area contributed by atoms with Gasteiger partial charge >= 0.3 is 0 Å². The fourth-order valence-corrected chi connectivity index (χ4v) is 1.44. The predicted molar refractivity (Wildman–Crippen MR) is 58.3 cm³/mol. The van der Waals surface area contributed by atoms with Crippen molar-refractivity contribution in [1.82, 2.24) is 10.2 Å². The van der Waals surface area contributed by atoms with Crippen LogP contribution in [0.4, 0.5) is 14.6 Å². The molecule has 2 N–H and O–H groups in total. The van der Waals surface area contributed by atoms with Gasteiger partial charge in [0.2, 0.25) is 0 Å². The smallest absolute Gasteiger partial charge is 0.168 e. The maximum absolute atomic E-state index is 13.4. The van der Waals surface area contributed by atoms with Crippen molar-refractivity contribution in [2.45, 2.75) is 0 Å². The topological polar surface area (TPSA) is 61.0 Å². The minimum absolute atomic E-state index is 0.0783. The molecular formula is C11H9F2N3O.